The molecule has 11 nitrogen and oxygen atoms in total. The van der Waals surface area contributed by atoms with Crippen LogP contribution in [0.5, 0.6) is 11.9 Å². The third-order valence-electron chi connectivity index (χ3n) is 5.36. The van der Waals surface area contributed by atoms with Crippen molar-refractivity contribution in [1.29, 1.82) is 0 Å². The smallest absolute Gasteiger partial charge is 0.397 e. The lowest BCUT2D eigenvalue weighted by atomic mass is 10.1. The van der Waals surface area contributed by atoms with Crippen LogP contribution in [0.3, 0.4) is 0 Å². The van der Waals surface area contributed by atoms with E-state index in [9.17, 15) is 33.3 Å². The van der Waals surface area contributed by atoms with Gasteiger partial charge in [-0.3, -0.25) is 4.79 Å². The summed E-state index contributed by atoms with van der Waals surface area (Å²) in [5.41, 5.74) is 1.07. The molecule has 3 atom stereocenters. The van der Waals surface area contributed by atoms with E-state index in [2.05, 4.69) is 20.6 Å². The SMILES string of the molecule is O=C(CC(F)(F)F)Nc1c(NC[C@H](O)[C@H](O)[C@H](O)CO)nc(OCc2ccccc2)nc1OCc1ccccc1. The third kappa shape index (κ3) is 9.64. The van der Waals surface area contributed by atoms with Crippen LogP contribution in [0.15, 0.2) is 60.7 Å². The van der Waals surface area contributed by atoms with Crippen molar-refractivity contribution >= 4 is 17.4 Å². The van der Waals surface area contributed by atoms with E-state index in [1.807, 2.05) is 6.07 Å². The molecule has 0 saturated heterocycles. The number of ether oxygens (including phenoxy) is 2. The van der Waals surface area contributed by atoms with Gasteiger partial charge in [0.25, 0.3) is 0 Å². The molecule has 0 fully saturated rings. The summed E-state index contributed by atoms with van der Waals surface area (Å²) in [6, 6.07) is 17.4. The van der Waals surface area contributed by atoms with E-state index in [1.165, 1.54) is 0 Å². The zero-order valence-corrected chi connectivity index (χ0v) is 21.1. The van der Waals surface area contributed by atoms with Crippen molar-refractivity contribution in [3.8, 4) is 11.9 Å². The van der Waals surface area contributed by atoms with Gasteiger partial charge in [0.15, 0.2) is 5.82 Å². The molecule has 3 rings (SSSR count). The lowest BCUT2D eigenvalue weighted by molar-refractivity contribution is -0.150. The molecule has 14 heteroatoms. The molecule has 1 aromatic heterocycles. The Hall–Kier alpha value is -3.98. The summed E-state index contributed by atoms with van der Waals surface area (Å²) < 4.78 is 50.1. The first-order valence-electron chi connectivity index (χ1n) is 12.1. The molecule has 40 heavy (non-hydrogen) atoms. The summed E-state index contributed by atoms with van der Waals surface area (Å²) in [5.74, 6) is -2.05. The Morgan fingerprint density at radius 2 is 1.45 bits per heavy atom. The first-order valence-corrected chi connectivity index (χ1v) is 12.1. The molecule has 3 aromatic rings. The van der Waals surface area contributed by atoms with Crippen LogP contribution in [0.2, 0.25) is 0 Å². The van der Waals surface area contributed by atoms with Gasteiger partial charge in [0.1, 0.15) is 37.5 Å². The number of anilines is 2. The van der Waals surface area contributed by atoms with Crippen molar-refractivity contribution in [3.63, 3.8) is 0 Å². The number of nitrogens with one attached hydrogen (secondary N) is 2. The maximum atomic E-state index is 12.9. The van der Waals surface area contributed by atoms with Crippen LogP contribution in [0.4, 0.5) is 24.7 Å². The highest BCUT2D eigenvalue weighted by atomic mass is 19.4. The number of carbonyl (C=O) groups excluding carboxylic acids is 1. The number of rotatable bonds is 14. The highest BCUT2D eigenvalue weighted by Gasteiger charge is 2.33. The number of carbonyl (C=O) groups is 1. The average molecular weight is 567 g/mol. The molecular weight excluding hydrogens is 537 g/mol. The van der Waals surface area contributed by atoms with Gasteiger partial charge in [-0.1, -0.05) is 60.7 Å². The lowest BCUT2D eigenvalue weighted by Gasteiger charge is -2.23. The van der Waals surface area contributed by atoms with E-state index in [4.69, 9.17) is 14.6 Å². The second kappa shape index (κ2) is 14.4. The van der Waals surface area contributed by atoms with Crippen LogP contribution in [0, 0.1) is 0 Å². The molecule has 1 amide bonds. The van der Waals surface area contributed by atoms with E-state index in [0.29, 0.717) is 5.56 Å². The van der Waals surface area contributed by atoms with Crippen molar-refractivity contribution in [3.05, 3.63) is 71.8 Å². The number of nitrogens with zero attached hydrogens (tertiary/aromatic N) is 2. The summed E-state index contributed by atoms with van der Waals surface area (Å²) in [4.78, 5) is 20.5. The van der Waals surface area contributed by atoms with Crippen LogP contribution in [0.1, 0.15) is 17.5 Å². The number of aromatic nitrogens is 2. The highest BCUT2D eigenvalue weighted by molar-refractivity contribution is 5.95. The molecule has 0 aliphatic heterocycles. The molecule has 0 bridgehead atoms. The van der Waals surface area contributed by atoms with E-state index in [0.717, 1.165) is 5.56 Å². The fourth-order valence-corrected chi connectivity index (χ4v) is 3.33. The highest BCUT2D eigenvalue weighted by Crippen LogP contribution is 2.34. The molecule has 2 aromatic carbocycles. The molecule has 6 N–H and O–H groups in total. The van der Waals surface area contributed by atoms with Crippen LogP contribution in [-0.4, -0.2) is 73.9 Å². The molecular formula is C26H29F3N4O7. The van der Waals surface area contributed by atoms with Crippen molar-refractivity contribution in [2.75, 3.05) is 23.8 Å². The van der Waals surface area contributed by atoms with Gasteiger partial charge in [0.2, 0.25) is 11.8 Å². The number of hydrogen-bond acceptors (Lipinski definition) is 10. The van der Waals surface area contributed by atoms with Crippen molar-refractivity contribution < 1.29 is 47.9 Å². The molecule has 0 saturated carbocycles. The predicted octanol–water partition coefficient (Wildman–Crippen LogP) is 2.01. The summed E-state index contributed by atoms with van der Waals surface area (Å²) in [5, 5.41) is 43.5. The summed E-state index contributed by atoms with van der Waals surface area (Å²) in [6.07, 6.45) is -11.7. The van der Waals surface area contributed by atoms with Crippen molar-refractivity contribution in [2.24, 2.45) is 0 Å². The van der Waals surface area contributed by atoms with E-state index in [1.54, 1.807) is 54.6 Å². The monoisotopic (exact) mass is 566 g/mol. The number of amides is 1. The summed E-state index contributed by atoms with van der Waals surface area (Å²) >= 11 is 0. The molecule has 0 aliphatic carbocycles. The Balaban J connectivity index is 1.95. The Labute approximate surface area is 227 Å². The number of aliphatic hydroxyl groups is 4. The second-order valence-electron chi connectivity index (χ2n) is 8.61. The minimum absolute atomic E-state index is 0.0161. The Kier molecular flexibility index (Phi) is 11.0. The van der Waals surface area contributed by atoms with Crippen LogP contribution < -0.4 is 20.1 Å². The topological polar surface area (TPSA) is 166 Å². The first-order chi connectivity index (χ1) is 19.1. The van der Waals surface area contributed by atoms with Crippen LogP contribution in [-0.2, 0) is 18.0 Å². The number of alkyl halides is 3. The van der Waals surface area contributed by atoms with Gasteiger partial charge >= 0.3 is 12.2 Å². The number of aliphatic hydroxyl groups excluding tert-OH is 4. The van der Waals surface area contributed by atoms with E-state index >= 15 is 0 Å². The molecule has 1 heterocycles. The fourth-order valence-electron chi connectivity index (χ4n) is 3.33. The van der Waals surface area contributed by atoms with Gasteiger partial charge in [-0.05, 0) is 11.1 Å². The average Bonchev–Trinajstić information content (AvgIpc) is 2.93. The largest absolute Gasteiger partial charge is 0.471 e. The van der Waals surface area contributed by atoms with Gasteiger partial charge in [-0.15, -0.1) is 0 Å². The molecule has 0 spiro atoms. The number of halogens is 3. The predicted molar refractivity (Wildman–Crippen MR) is 136 cm³/mol. The Morgan fingerprint density at radius 1 is 0.875 bits per heavy atom. The zero-order valence-electron chi connectivity index (χ0n) is 21.1. The Morgan fingerprint density at radius 3 is 2.00 bits per heavy atom. The molecule has 0 aliphatic rings. The normalized spacial score (nSPS) is 13.7. The third-order valence-corrected chi connectivity index (χ3v) is 5.36. The summed E-state index contributed by atoms with van der Waals surface area (Å²) in [6.45, 7) is -1.41. The van der Waals surface area contributed by atoms with Crippen molar-refractivity contribution in [1.82, 2.24) is 9.97 Å². The van der Waals surface area contributed by atoms with Gasteiger partial charge in [0.05, 0.1) is 12.7 Å². The maximum absolute atomic E-state index is 12.9. The van der Waals surface area contributed by atoms with Gasteiger partial charge in [-0.2, -0.15) is 23.1 Å². The lowest BCUT2D eigenvalue weighted by Crippen LogP contribution is -2.43. The summed E-state index contributed by atoms with van der Waals surface area (Å²) in [7, 11) is 0. The molecule has 0 radical (unpaired) electrons. The fraction of sp³-hybridized carbons (Fsp3) is 0.346. The maximum Gasteiger partial charge on any atom is 0.397 e. The first kappa shape index (κ1) is 30.6. The quantitative estimate of drug-likeness (QED) is 0.170. The molecule has 0 unspecified atom stereocenters. The zero-order chi connectivity index (χ0) is 29.1. The molecule has 216 valence electrons. The second-order valence-corrected chi connectivity index (χ2v) is 8.61. The minimum Gasteiger partial charge on any atom is -0.471 e. The van der Waals surface area contributed by atoms with Gasteiger partial charge in [0, 0.05) is 6.54 Å². The van der Waals surface area contributed by atoms with E-state index < -0.39 is 50.0 Å². The van der Waals surface area contributed by atoms with Crippen LogP contribution in [0.25, 0.3) is 0 Å². The van der Waals surface area contributed by atoms with E-state index in [-0.39, 0.29) is 36.6 Å². The van der Waals surface area contributed by atoms with Crippen molar-refractivity contribution in [2.45, 2.75) is 44.1 Å². The van der Waals surface area contributed by atoms with Crippen LogP contribution >= 0.6 is 0 Å². The standard InChI is InChI=1S/C26H29F3N4O7/c27-26(28,29)11-20(37)31-21-23(30-12-18(35)22(38)19(36)13-34)32-25(40-15-17-9-5-2-6-10-17)33-24(21)39-14-16-7-3-1-4-8-16/h1-10,18-19,22,34-36,38H,11-15H2,(H,31,37)(H,30,32,33)/t18-,19+,22-/m0/s1. The Bertz CT molecular complexity index is 1220. The minimum atomic E-state index is -4.80. The number of benzene rings is 2. The van der Waals surface area contributed by atoms with Gasteiger partial charge < -0.3 is 40.5 Å². The number of hydrogen-bond donors (Lipinski definition) is 6. The van der Waals surface area contributed by atoms with Gasteiger partial charge in [-0.25, -0.2) is 0 Å².